The topological polar surface area (TPSA) is 58.4 Å². The van der Waals surface area contributed by atoms with Gasteiger partial charge in [0.05, 0.1) is 0 Å². The largest absolute Gasteiger partial charge is 0.359 e. The summed E-state index contributed by atoms with van der Waals surface area (Å²) in [4.78, 5) is 13.5. The van der Waals surface area contributed by atoms with E-state index in [9.17, 15) is 4.79 Å². The summed E-state index contributed by atoms with van der Waals surface area (Å²) < 4.78 is 0. The molecule has 1 amide bonds. The molecule has 1 atom stereocenters. The highest BCUT2D eigenvalue weighted by molar-refractivity contribution is 5.75. The molecule has 4 heteroatoms. The number of rotatable bonds is 5. The van der Waals surface area contributed by atoms with Crippen LogP contribution in [-0.2, 0) is 4.79 Å². The van der Waals surface area contributed by atoms with E-state index >= 15 is 0 Å². The van der Waals surface area contributed by atoms with E-state index in [1.807, 2.05) is 0 Å². The van der Waals surface area contributed by atoms with Crippen molar-refractivity contribution in [1.82, 2.24) is 10.2 Å². The van der Waals surface area contributed by atoms with Gasteiger partial charge in [0.2, 0.25) is 5.91 Å². The van der Waals surface area contributed by atoms with Gasteiger partial charge < -0.3 is 16.0 Å². The smallest absolute Gasteiger partial charge is 0.219 e. The molecule has 4 nitrogen and oxygen atoms in total. The Labute approximate surface area is 98.6 Å². The summed E-state index contributed by atoms with van der Waals surface area (Å²) in [6.45, 7) is 5.42. The lowest BCUT2D eigenvalue weighted by molar-refractivity contribution is -0.120. The van der Waals surface area contributed by atoms with Crippen molar-refractivity contribution >= 4 is 5.91 Å². The van der Waals surface area contributed by atoms with Gasteiger partial charge in [0.1, 0.15) is 0 Å². The van der Waals surface area contributed by atoms with Crippen LogP contribution in [0.3, 0.4) is 0 Å². The molecule has 0 spiro atoms. The minimum atomic E-state index is 0.144. The third-order valence-electron chi connectivity index (χ3n) is 3.53. The Balaban J connectivity index is 2.10. The molecule has 0 bridgehead atoms. The van der Waals surface area contributed by atoms with E-state index in [1.165, 1.54) is 12.8 Å². The minimum absolute atomic E-state index is 0.144. The molecule has 0 aromatic heterocycles. The highest BCUT2D eigenvalue weighted by Crippen LogP contribution is 2.19. The van der Waals surface area contributed by atoms with Crippen molar-refractivity contribution in [2.24, 2.45) is 11.7 Å². The first kappa shape index (κ1) is 13.5. The molecule has 1 rings (SSSR count). The number of carbonyl (C=O) groups is 1. The molecule has 1 aliphatic rings. The number of piperidine rings is 1. The predicted octanol–water partition coefficient (Wildman–Crippen LogP) is 0.572. The number of carbonyl (C=O) groups excluding carboxylic acids is 1. The lowest BCUT2D eigenvalue weighted by Gasteiger charge is -2.33. The van der Waals surface area contributed by atoms with E-state index in [4.69, 9.17) is 5.73 Å². The Bertz CT molecular complexity index is 210. The molecule has 1 unspecified atom stereocenters. The summed E-state index contributed by atoms with van der Waals surface area (Å²) in [6, 6.07) is 0.327. The third-order valence-corrected chi connectivity index (χ3v) is 3.53. The second kappa shape index (κ2) is 6.86. The summed E-state index contributed by atoms with van der Waals surface area (Å²) in [6.07, 6.45) is 4.02. The second-order valence-corrected chi connectivity index (χ2v) is 4.81. The van der Waals surface area contributed by atoms with Crippen LogP contribution < -0.4 is 11.1 Å². The Morgan fingerprint density at radius 1 is 1.50 bits per heavy atom. The van der Waals surface area contributed by atoms with Gasteiger partial charge in [-0.1, -0.05) is 0 Å². The second-order valence-electron chi connectivity index (χ2n) is 4.81. The van der Waals surface area contributed by atoms with Crippen molar-refractivity contribution < 1.29 is 4.79 Å². The van der Waals surface area contributed by atoms with Crippen LogP contribution in [0.5, 0.6) is 0 Å². The maximum atomic E-state index is 11.0. The Kier molecular flexibility index (Phi) is 5.77. The normalized spacial score (nSPS) is 20.7. The molecule has 1 heterocycles. The van der Waals surface area contributed by atoms with Crippen molar-refractivity contribution in [3.8, 4) is 0 Å². The summed E-state index contributed by atoms with van der Waals surface area (Å²) >= 11 is 0. The molecule has 1 aliphatic heterocycles. The number of nitrogens with one attached hydrogen (secondary N) is 1. The van der Waals surface area contributed by atoms with Gasteiger partial charge in [0.25, 0.3) is 0 Å². The molecule has 0 saturated carbocycles. The lowest BCUT2D eigenvalue weighted by atomic mass is 9.91. The molecule has 1 saturated heterocycles. The Morgan fingerprint density at radius 2 is 2.12 bits per heavy atom. The van der Waals surface area contributed by atoms with Crippen molar-refractivity contribution in [3.05, 3.63) is 0 Å². The van der Waals surface area contributed by atoms with Gasteiger partial charge in [-0.3, -0.25) is 4.79 Å². The van der Waals surface area contributed by atoms with E-state index in [0.29, 0.717) is 18.4 Å². The molecular formula is C12H25N3O. The third kappa shape index (κ3) is 4.49. The molecule has 1 fully saturated rings. The number of hydrogen-bond acceptors (Lipinski definition) is 3. The first-order chi connectivity index (χ1) is 7.63. The van der Waals surface area contributed by atoms with Crippen LogP contribution in [0.2, 0.25) is 0 Å². The van der Waals surface area contributed by atoms with Crippen molar-refractivity contribution in [2.45, 2.75) is 38.6 Å². The highest BCUT2D eigenvalue weighted by atomic mass is 16.1. The first-order valence-electron chi connectivity index (χ1n) is 6.32. The zero-order valence-corrected chi connectivity index (χ0v) is 10.5. The van der Waals surface area contributed by atoms with Gasteiger partial charge in [-0.2, -0.15) is 0 Å². The average Bonchev–Trinajstić information content (AvgIpc) is 2.29. The zero-order chi connectivity index (χ0) is 12.0. The number of amides is 1. The SMILES string of the molecule is CNC(=O)CCCN1CCC(C(C)N)CC1. The number of nitrogens with two attached hydrogens (primary N) is 1. The summed E-state index contributed by atoms with van der Waals surface area (Å²) in [5.74, 6) is 0.834. The van der Waals surface area contributed by atoms with Gasteiger partial charge in [0, 0.05) is 19.5 Å². The maximum Gasteiger partial charge on any atom is 0.219 e. The molecule has 0 aliphatic carbocycles. The standard InChI is InChI=1S/C12H25N3O/c1-10(13)11-5-8-15(9-6-11)7-3-4-12(16)14-2/h10-11H,3-9,13H2,1-2H3,(H,14,16). The van der Waals surface area contributed by atoms with E-state index in [0.717, 1.165) is 26.1 Å². The zero-order valence-electron chi connectivity index (χ0n) is 10.5. The van der Waals surface area contributed by atoms with Crippen molar-refractivity contribution in [1.29, 1.82) is 0 Å². The van der Waals surface area contributed by atoms with E-state index in [2.05, 4.69) is 17.1 Å². The molecular weight excluding hydrogens is 202 g/mol. The Morgan fingerprint density at radius 3 is 2.62 bits per heavy atom. The average molecular weight is 227 g/mol. The minimum Gasteiger partial charge on any atom is -0.359 e. The van der Waals surface area contributed by atoms with E-state index < -0.39 is 0 Å². The van der Waals surface area contributed by atoms with Gasteiger partial charge in [-0.15, -0.1) is 0 Å². The van der Waals surface area contributed by atoms with Crippen molar-refractivity contribution in [3.63, 3.8) is 0 Å². The van der Waals surface area contributed by atoms with Gasteiger partial charge in [0.15, 0.2) is 0 Å². The van der Waals surface area contributed by atoms with Gasteiger partial charge >= 0.3 is 0 Å². The van der Waals surface area contributed by atoms with Crippen LogP contribution in [0.4, 0.5) is 0 Å². The van der Waals surface area contributed by atoms with E-state index in [1.54, 1.807) is 7.05 Å². The quantitative estimate of drug-likeness (QED) is 0.722. The first-order valence-corrected chi connectivity index (χ1v) is 6.32. The summed E-state index contributed by atoms with van der Waals surface area (Å²) in [7, 11) is 1.69. The van der Waals surface area contributed by atoms with Crippen LogP contribution in [0.1, 0.15) is 32.6 Å². The molecule has 0 aromatic carbocycles. The molecule has 94 valence electrons. The monoisotopic (exact) mass is 227 g/mol. The number of nitrogens with zero attached hydrogens (tertiary/aromatic N) is 1. The molecule has 16 heavy (non-hydrogen) atoms. The van der Waals surface area contributed by atoms with Crippen LogP contribution in [0.15, 0.2) is 0 Å². The van der Waals surface area contributed by atoms with Crippen LogP contribution in [-0.4, -0.2) is 43.5 Å². The predicted molar refractivity (Wildman–Crippen MR) is 66.1 cm³/mol. The summed E-state index contributed by atoms with van der Waals surface area (Å²) in [5, 5.41) is 2.65. The lowest BCUT2D eigenvalue weighted by Crippen LogP contribution is -2.40. The molecule has 0 radical (unpaired) electrons. The molecule has 0 aromatic rings. The Hall–Kier alpha value is -0.610. The highest BCUT2D eigenvalue weighted by Gasteiger charge is 2.21. The van der Waals surface area contributed by atoms with Crippen LogP contribution >= 0.6 is 0 Å². The van der Waals surface area contributed by atoms with Crippen LogP contribution in [0.25, 0.3) is 0 Å². The van der Waals surface area contributed by atoms with E-state index in [-0.39, 0.29) is 5.91 Å². The maximum absolute atomic E-state index is 11.0. The fourth-order valence-electron chi connectivity index (χ4n) is 2.29. The van der Waals surface area contributed by atoms with Crippen LogP contribution in [0, 0.1) is 5.92 Å². The number of likely N-dealkylation sites (tertiary alicyclic amines) is 1. The number of hydrogen-bond donors (Lipinski definition) is 2. The van der Waals surface area contributed by atoms with Gasteiger partial charge in [-0.05, 0) is 51.7 Å². The van der Waals surface area contributed by atoms with Gasteiger partial charge in [-0.25, -0.2) is 0 Å². The molecule has 3 N–H and O–H groups in total. The summed E-state index contributed by atoms with van der Waals surface area (Å²) in [5.41, 5.74) is 5.90. The fraction of sp³-hybridized carbons (Fsp3) is 0.917. The fourth-order valence-corrected chi connectivity index (χ4v) is 2.29. The van der Waals surface area contributed by atoms with Crippen molar-refractivity contribution in [2.75, 3.05) is 26.7 Å².